The van der Waals surface area contributed by atoms with Gasteiger partial charge in [0.2, 0.25) is 5.91 Å². The number of hydrogen-bond acceptors (Lipinski definition) is 5. The number of imide groups is 1. The zero-order valence-electron chi connectivity index (χ0n) is 17.0. The molecule has 0 saturated carbocycles. The number of urea groups is 1. The number of nitrogens with zero attached hydrogens (tertiary/aromatic N) is 2. The van der Waals surface area contributed by atoms with Crippen molar-refractivity contribution in [2.45, 2.75) is 30.6 Å². The van der Waals surface area contributed by atoms with E-state index in [0.29, 0.717) is 11.7 Å². The summed E-state index contributed by atoms with van der Waals surface area (Å²) in [7, 11) is 0. The molecule has 0 spiro atoms. The van der Waals surface area contributed by atoms with E-state index in [2.05, 4.69) is 22.0 Å². The van der Waals surface area contributed by atoms with Crippen molar-refractivity contribution in [1.82, 2.24) is 14.9 Å². The number of nitrogens with two attached hydrogens (primary N) is 1. The van der Waals surface area contributed by atoms with Crippen LogP contribution < -0.4 is 11.1 Å². The summed E-state index contributed by atoms with van der Waals surface area (Å²) in [6.45, 7) is 1.40. The van der Waals surface area contributed by atoms with E-state index in [4.69, 9.17) is 15.5 Å². The molecule has 0 radical (unpaired) electrons. The summed E-state index contributed by atoms with van der Waals surface area (Å²) < 4.78 is 8.03. The van der Waals surface area contributed by atoms with Gasteiger partial charge in [0.15, 0.2) is 5.16 Å². The molecule has 0 bridgehead atoms. The molecule has 1 atom stereocenters. The van der Waals surface area contributed by atoms with E-state index < -0.39 is 11.9 Å². The molecule has 2 heterocycles. The first kappa shape index (κ1) is 21.1. The van der Waals surface area contributed by atoms with Gasteiger partial charge in [0.25, 0.3) is 0 Å². The molecule has 8 heteroatoms. The molecule has 1 aromatic heterocycles. The summed E-state index contributed by atoms with van der Waals surface area (Å²) in [5.41, 5.74) is 8.94. The second-order valence-corrected chi connectivity index (χ2v) is 8.21. The van der Waals surface area contributed by atoms with Gasteiger partial charge >= 0.3 is 6.03 Å². The fourth-order valence-electron chi connectivity index (χ4n) is 3.69. The Morgan fingerprint density at radius 1 is 1.10 bits per heavy atom. The van der Waals surface area contributed by atoms with Gasteiger partial charge in [-0.2, -0.15) is 0 Å². The minimum atomic E-state index is -0.858. The molecule has 0 unspecified atom stereocenters. The smallest absolute Gasteiger partial charge is 0.318 e. The van der Waals surface area contributed by atoms with Crippen LogP contribution in [0.5, 0.6) is 0 Å². The summed E-state index contributed by atoms with van der Waals surface area (Å²) in [6.07, 6.45) is 2.12. The molecule has 1 fully saturated rings. The molecule has 1 saturated heterocycles. The van der Waals surface area contributed by atoms with Crippen LogP contribution in [0.15, 0.2) is 65.8 Å². The number of carbonyl (C=O) groups excluding carboxylic acids is 2. The highest BCUT2D eigenvalue weighted by molar-refractivity contribution is 7.99. The second-order valence-electron chi connectivity index (χ2n) is 7.27. The van der Waals surface area contributed by atoms with Crippen molar-refractivity contribution in [1.29, 1.82) is 0 Å². The molecule has 1 aliphatic rings. The largest absolute Gasteiger partial charge is 0.376 e. The maximum Gasteiger partial charge on any atom is 0.318 e. The number of ether oxygens (including phenoxy) is 1. The number of thioether (sulfide) groups is 1. The minimum absolute atomic E-state index is 0.0357. The molecule has 7 nitrogen and oxygen atoms in total. The van der Waals surface area contributed by atoms with E-state index >= 15 is 0 Å². The molecular weight excluding hydrogens is 412 g/mol. The Morgan fingerprint density at radius 3 is 2.39 bits per heavy atom. The van der Waals surface area contributed by atoms with Crippen LogP contribution in [0, 0.1) is 0 Å². The maximum absolute atomic E-state index is 12.0. The van der Waals surface area contributed by atoms with Crippen LogP contribution >= 0.6 is 11.8 Å². The third-order valence-corrected chi connectivity index (χ3v) is 6.01. The van der Waals surface area contributed by atoms with Crippen molar-refractivity contribution in [2.75, 3.05) is 12.4 Å². The number of hydrogen-bond donors (Lipinski definition) is 2. The number of primary amides is 1. The number of imidazole rings is 1. The molecule has 2 aromatic carbocycles. The third kappa shape index (κ3) is 5.15. The van der Waals surface area contributed by atoms with Crippen LogP contribution in [0.4, 0.5) is 4.79 Å². The quantitative estimate of drug-likeness (QED) is 0.551. The lowest BCUT2D eigenvalue weighted by Crippen LogP contribution is -2.36. The Balaban J connectivity index is 1.78. The van der Waals surface area contributed by atoms with Gasteiger partial charge in [0.1, 0.15) is 0 Å². The molecule has 3 aromatic rings. The zero-order chi connectivity index (χ0) is 21.6. The summed E-state index contributed by atoms with van der Waals surface area (Å²) in [5, 5.41) is 2.81. The Hall–Kier alpha value is -3.10. The van der Waals surface area contributed by atoms with E-state index in [9.17, 15) is 9.59 Å². The number of nitrogens with one attached hydrogen (secondary N) is 1. The topological polar surface area (TPSA) is 99.2 Å². The molecule has 4 rings (SSSR count). The summed E-state index contributed by atoms with van der Waals surface area (Å²) >= 11 is 1.28. The first-order chi connectivity index (χ1) is 15.1. The van der Waals surface area contributed by atoms with E-state index in [-0.39, 0.29) is 11.9 Å². The van der Waals surface area contributed by atoms with Gasteiger partial charge < -0.3 is 15.0 Å². The average Bonchev–Trinajstić information content (AvgIpc) is 3.41. The molecule has 0 aliphatic carbocycles. The van der Waals surface area contributed by atoms with Crippen LogP contribution in [-0.4, -0.2) is 40.0 Å². The van der Waals surface area contributed by atoms with E-state index in [1.165, 1.54) is 11.8 Å². The van der Waals surface area contributed by atoms with E-state index in [0.717, 1.165) is 42.0 Å². The Bertz CT molecular complexity index is 1050. The average molecular weight is 437 g/mol. The lowest BCUT2D eigenvalue weighted by molar-refractivity contribution is -0.117. The molecular formula is C23H24N4O3S. The Kier molecular flexibility index (Phi) is 6.69. The maximum atomic E-state index is 12.0. The Morgan fingerprint density at radius 2 is 1.77 bits per heavy atom. The normalized spacial score (nSPS) is 15.7. The van der Waals surface area contributed by atoms with Gasteiger partial charge in [0, 0.05) is 17.7 Å². The third-order valence-electron chi connectivity index (χ3n) is 5.03. The monoisotopic (exact) mass is 436 g/mol. The highest BCUT2D eigenvalue weighted by Gasteiger charge is 2.25. The predicted octanol–water partition coefficient (Wildman–Crippen LogP) is 3.68. The van der Waals surface area contributed by atoms with Crippen molar-refractivity contribution < 1.29 is 14.3 Å². The lowest BCUT2D eigenvalue weighted by Gasteiger charge is -2.16. The van der Waals surface area contributed by atoms with E-state index in [1.54, 1.807) is 0 Å². The van der Waals surface area contributed by atoms with Crippen LogP contribution in [0.1, 0.15) is 12.8 Å². The van der Waals surface area contributed by atoms with Gasteiger partial charge in [-0.15, -0.1) is 0 Å². The molecule has 3 amide bonds. The highest BCUT2D eigenvalue weighted by atomic mass is 32.2. The van der Waals surface area contributed by atoms with Gasteiger partial charge in [-0.1, -0.05) is 72.4 Å². The predicted molar refractivity (Wildman–Crippen MR) is 121 cm³/mol. The van der Waals surface area contributed by atoms with E-state index in [1.807, 2.05) is 48.5 Å². The fourth-order valence-corrected chi connectivity index (χ4v) is 4.50. The minimum Gasteiger partial charge on any atom is -0.376 e. The number of benzene rings is 2. The van der Waals surface area contributed by atoms with Crippen LogP contribution in [-0.2, 0) is 16.1 Å². The summed E-state index contributed by atoms with van der Waals surface area (Å²) in [5.74, 6) is -0.416. The van der Waals surface area contributed by atoms with Crippen LogP contribution in [0.25, 0.3) is 22.5 Å². The number of amides is 3. The van der Waals surface area contributed by atoms with Gasteiger partial charge in [-0.3, -0.25) is 10.1 Å². The SMILES string of the molecule is NC(=O)NC(=O)CSc1nc(-c2ccccc2)c(-c2ccccc2)n1C[C@@H]1CCCO1. The van der Waals surface area contributed by atoms with Crippen molar-refractivity contribution >= 4 is 23.7 Å². The van der Waals surface area contributed by atoms with Crippen molar-refractivity contribution in [3.05, 3.63) is 60.7 Å². The molecule has 3 N–H and O–H groups in total. The Labute approximate surface area is 185 Å². The number of aromatic nitrogens is 2. The number of rotatable bonds is 7. The summed E-state index contributed by atoms with van der Waals surface area (Å²) in [4.78, 5) is 27.9. The van der Waals surface area contributed by atoms with Gasteiger partial charge in [-0.05, 0) is 12.8 Å². The van der Waals surface area contributed by atoms with Gasteiger partial charge in [-0.25, -0.2) is 9.78 Å². The number of carbonyl (C=O) groups is 2. The molecule has 160 valence electrons. The standard InChI is InChI=1S/C23H24N4O3S/c24-22(29)25-19(28)15-31-23-26-20(16-8-3-1-4-9-16)21(17-10-5-2-6-11-17)27(23)14-18-12-7-13-30-18/h1-6,8-11,18H,7,12-15H2,(H3,24,25,28,29)/t18-/m0/s1. The van der Waals surface area contributed by atoms with Crippen LogP contribution in [0.3, 0.4) is 0 Å². The molecule has 31 heavy (non-hydrogen) atoms. The van der Waals surface area contributed by atoms with Crippen LogP contribution in [0.2, 0.25) is 0 Å². The first-order valence-corrected chi connectivity index (χ1v) is 11.2. The zero-order valence-corrected chi connectivity index (χ0v) is 17.8. The lowest BCUT2D eigenvalue weighted by atomic mass is 10.0. The highest BCUT2D eigenvalue weighted by Crippen LogP contribution is 2.36. The first-order valence-electron chi connectivity index (χ1n) is 10.2. The van der Waals surface area contributed by atoms with Crippen molar-refractivity contribution in [3.63, 3.8) is 0 Å². The fraction of sp³-hybridized carbons (Fsp3) is 0.261. The molecule has 1 aliphatic heterocycles. The van der Waals surface area contributed by atoms with Crippen molar-refractivity contribution in [3.8, 4) is 22.5 Å². The second kappa shape index (κ2) is 9.80. The summed E-state index contributed by atoms with van der Waals surface area (Å²) in [6, 6.07) is 19.2. The van der Waals surface area contributed by atoms with Gasteiger partial charge in [0.05, 0.1) is 29.8 Å². The van der Waals surface area contributed by atoms with Crippen molar-refractivity contribution in [2.24, 2.45) is 5.73 Å².